The van der Waals surface area contributed by atoms with Gasteiger partial charge in [0.25, 0.3) is 0 Å². The summed E-state index contributed by atoms with van der Waals surface area (Å²) in [4.78, 5) is 24.2. The maximum absolute atomic E-state index is 11.7. The summed E-state index contributed by atoms with van der Waals surface area (Å²) < 4.78 is 4.54. The van der Waals surface area contributed by atoms with Gasteiger partial charge in [0.15, 0.2) is 0 Å². The molecule has 0 atom stereocenters. The van der Waals surface area contributed by atoms with E-state index in [0.717, 1.165) is 11.3 Å². The summed E-state index contributed by atoms with van der Waals surface area (Å²) in [5.41, 5.74) is 1.58. The third kappa shape index (κ3) is 1.88. The molecule has 0 saturated heterocycles. The summed E-state index contributed by atoms with van der Waals surface area (Å²) in [5.74, 6) is -0.543. The molecule has 0 saturated carbocycles. The van der Waals surface area contributed by atoms with E-state index in [2.05, 4.69) is 4.74 Å². The molecule has 0 spiro atoms. The number of halogens is 1. The minimum Gasteiger partial charge on any atom is -0.468 e. The number of ether oxygens (including phenoxy) is 1. The molecule has 1 amide bonds. The molecule has 0 bridgehead atoms. The first-order valence-corrected chi connectivity index (χ1v) is 5.15. The molecule has 0 aromatic heterocycles. The zero-order valence-electron chi connectivity index (χ0n) is 8.70. The van der Waals surface area contributed by atoms with Crippen molar-refractivity contribution in [1.29, 1.82) is 0 Å². The summed E-state index contributed by atoms with van der Waals surface area (Å²) in [6, 6.07) is 5.18. The maximum atomic E-state index is 11.7. The van der Waals surface area contributed by atoms with Crippen LogP contribution in [-0.2, 0) is 20.7 Å². The van der Waals surface area contributed by atoms with E-state index in [1.807, 2.05) is 0 Å². The van der Waals surface area contributed by atoms with Gasteiger partial charge in [-0.25, -0.2) is 0 Å². The second kappa shape index (κ2) is 4.14. The number of fused-ring (bicyclic) bond motifs is 1. The Morgan fingerprint density at radius 2 is 2.31 bits per heavy atom. The minimum atomic E-state index is -0.434. The number of benzene rings is 1. The smallest absolute Gasteiger partial charge is 0.325 e. The van der Waals surface area contributed by atoms with Gasteiger partial charge < -0.3 is 9.64 Å². The standard InChI is InChI=1S/C11H10ClNO3/c1-16-11(15)6-13-9-3-2-8(12)4-7(9)5-10(13)14/h2-4H,5-6H2,1H3. The molecule has 16 heavy (non-hydrogen) atoms. The van der Waals surface area contributed by atoms with E-state index < -0.39 is 5.97 Å². The Morgan fingerprint density at radius 1 is 1.56 bits per heavy atom. The lowest BCUT2D eigenvalue weighted by molar-refractivity contribution is -0.139. The zero-order chi connectivity index (χ0) is 11.7. The third-order valence-electron chi connectivity index (χ3n) is 2.49. The van der Waals surface area contributed by atoms with Gasteiger partial charge in [-0.15, -0.1) is 0 Å². The normalized spacial score (nSPS) is 13.9. The molecule has 4 nitrogen and oxygen atoms in total. The summed E-state index contributed by atoms with van der Waals surface area (Å²) >= 11 is 5.83. The maximum Gasteiger partial charge on any atom is 0.325 e. The Morgan fingerprint density at radius 3 is 3.00 bits per heavy atom. The van der Waals surface area contributed by atoms with E-state index in [4.69, 9.17) is 11.6 Å². The van der Waals surface area contributed by atoms with Crippen LogP contribution in [0.2, 0.25) is 5.02 Å². The van der Waals surface area contributed by atoms with Crippen LogP contribution in [0, 0.1) is 0 Å². The summed E-state index contributed by atoms with van der Waals surface area (Å²) in [6.45, 7) is -0.0516. The molecule has 0 N–H and O–H groups in total. The Kier molecular flexibility index (Phi) is 2.83. The average molecular weight is 240 g/mol. The lowest BCUT2D eigenvalue weighted by Gasteiger charge is -2.15. The Labute approximate surface area is 97.7 Å². The number of carbonyl (C=O) groups is 2. The summed E-state index contributed by atoms with van der Waals surface area (Å²) in [6.07, 6.45) is 0.285. The van der Waals surface area contributed by atoms with Gasteiger partial charge in [-0.1, -0.05) is 11.6 Å². The summed E-state index contributed by atoms with van der Waals surface area (Å²) in [5, 5.41) is 0.589. The predicted octanol–water partition coefficient (Wildman–Crippen LogP) is 1.40. The molecule has 0 radical (unpaired) electrons. The lowest BCUT2D eigenvalue weighted by atomic mass is 10.2. The quantitative estimate of drug-likeness (QED) is 0.733. The van der Waals surface area contributed by atoms with Gasteiger partial charge in [0.1, 0.15) is 6.54 Å². The molecule has 1 aromatic carbocycles. The molecule has 0 unspecified atom stereocenters. The van der Waals surface area contributed by atoms with Crippen molar-refractivity contribution < 1.29 is 14.3 Å². The highest BCUT2D eigenvalue weighted by molar-refractivity contribution is 6.30. The zero-order valence-corrected chi connectivity index (χ0v) is 9.45. The lowest BCUT2D eigenvalue weighted by Crippen LogP contribution is -2.33. The fraction of sp³-hybridized carbons (Fsp3) is 0.273. The number of rotatable bonds is 2. The van der Waals surface area contributed by atoms with Crippen molar-refractivity contribution in [3.63, 3.8) is 0 Å². The number of anilines is 1. The van der Waals surface area contributed by atoms with Gasteiger partial charge in [0.2, 0.25) is 5.91 Å². The fourth-order valence-corrected chi connectivity index (χ4v) is 1.91. The van der Waals surface area contributed by atoms with Crippen LogP contribution in [-0.4, -0.2) is 25.5 Å². The van der Waals surface area contributed by atoms with E-state index in [-0.39, 0.29) is 18.9 Å². The van der Waals surface area contributed by atoms with E-state index in [1.54, 1.807) is 18.2 Å². The topological polar surface area (TPSA) is 46.6 Å². The van der Waals surface area contributed by atoms with Crippen LogP contribution in [0.25, 0.3) is 0 Å². The van der Waals surface area contributed by atoms with Crippen LogP contribution in [0.1, 0.15) is 5.56 Å². The second-order valence-electron chi connectivity index (χ2n) is 3.51. The number of nitrogens with zero attached hydrogens (tertiary/aromatic N) is 1. The summed E-state index contributed by atoms with van der Waals surface area (Å²) in [7, 11) is 1.30. The SMILES string of the molecule is COC(=O)CN1C(=O)Cc2cc(Cl)ccc21. The number of esters is 1. The van der Waals surface area contributed by atoms with Crippen LogP contribution in [0.5, 0.6) is 0 Å². The van der Waals surface area contributed by atoms with Crippen molar-refractivity contribution in [2.45, 2.75) is 6.42 Å². The van der Waals surface area contributed by atoms with E-state index in [0.29, 0.717) is 5.02 Å². The number of methoxy groups -OCH3 is 1. The molecule has 0 aliphatic carbocycles. The molecule has 1 heterocycles. The number of amides is 1. The fourth-order valence-electron chi connectivity index (χ4n) is 1.72. The molecule has 2 rings (SSSR count). The van der Waals surface area contributed by atoms with Crippen LogP contribution >= 0.6 is 11.6 Å². The highest BCUT2D eigenvalue weighted by atomic mass is 35.5. The molecular formula is C11H10ClNO3. The van der Waals surface area contributed by atoms with Gasteiger partial charge >= 0.3 is 5.97 Å². The third-order valence-corrected chi connectivity index (χ3v) is 2.73. The first-order chi connectivity index (χ1) is 7.61. The molecule has 84 valence electrons. The second-order valence-corrected chi connectivity index (χ2v) is 3.94. The van der Waals surface area contributed by atoms with Crippen molar-refractivity contribution >= 4 is 29.2 Å². The van der Waals surface area contributed by atoms with E-state index in [1.165, 1.54) is 12.0 Å². The number of hydrogen-bond acceptors (Lipinski definition) is 3. The Hall–Kier alpha value is -1.55. The predicted molar refractivity (Wildman–Crippen MR) is 59.5 cm³/mol. The molecule has 0 fully saturated rings. The Balaban J connectivity index is 2.29. The first-order valence-electron chi connectivity index (χ1n) is 4.77. The van der Waals surface area contributed by atoms with Gasteiger partial charge in [-0.2, -0.15) is 0 Å². The van der Waals surface area contributed by atoms with Crippen LogP contribution < -0.4 is 4.90 Å². The van der Waals surface area contributed by atoms with Gasteiger partial charge in [0, 0.05) is 10.7 Å². The van der Waals surface area contributed by atoms with Crippen molar-refractivity contribution in [3.05, 3.63) is 28.8 Å². The number of hydrogen-bond donors (Lipinski definition) is 0. The van der Waals surface area contributed by atoms with Crippen LogP contribution in [0.3, 0.4) is 0 Å². The van der Waals surface area contributed by atoms with Gasteiger partial charge in [-0.3, -0.25) is 9.59 Å². The number of carbonyl (C=O) groups excluding carboxylic acids is 2. The highest BCUT2D eigenvalue weighted by Crippen LogP contribution is 2.30. The monoisotopic (exact) mass is 239 g/mol. The molecule has 1 aliphatic heterocycles. The van der Waals surface area contributed by atoms with Gasteiger partial charge in [-0.05, 0) is 23.8 Å². The van der Waals surface area contributed by atoms with Crippen molar-refractivity contribution in [3.8, 4) is 0 Å². The molecule has 5 heteroatoms. The van der Waals surface area contributed by atoms with E-state index >= 15 is 0 Å². The van der Waals surface area contributed by atoms with E-state index in [9.17, 15) is 9.59 Å². The van der Waals surface area contributed by atoms with Crippen molar-refractivity contribution in [1.82, 2.24) is 0 Å². The largest absolute Gasteiger partial charge is 0.468 e. The molecule has 1 aromatic rings. The van der Waals surface area contributed by atoms with Crippen LogP contribution in [0.15, 0.2) is 18.2 Å². The average Bonchev–Trinajstić information content (AvgIpc) is 2.54. The van der Waals surface area contributed by atoms with Gasteiger partial charge in [0.05, 0.1) is 13.5 Å². The molecular weight excluding hydrogens is 230 g/mol. The van der Waals surface area contributed by atoms with Crippen molar-refractivity contribution in [2.75, 3.05) is 18.6 Å². The minimum absolute atomic E-state index is 0.0516. The van der Waals surface area contributed by atoms with Crippen molar-refractivity contribution in [2.24, 2.45) is 0 Å². The molecule has 1 aliphatic rings. The van der Waals surface area contributed by atoms with Crippen LogP contribution in [0.4, 0.5) is 5.69 Å². The Bertz CT molecular complexity index is 459. The highest BCUT2D eigenvalue weighted by Gasteiger charge is 2.28. The first kappa shape index (κ1) is 11.0.